The Hall–Kier alpha value is -0.180. The van der Waals surface area contributed by atoms with Crippen molar-refractivity contribution in [1.29, 1.82) is 0 Å². The Morgan fingerprint density at radius 2 is 1.58 bits per heavy atom. The maximum absolute atomic E-state index is 12.1. The van der Waals surface area contributed by atoms with Crippen molar-refractivity contribution >= 4 is 20.0 Å². The zero-order valence-corrected chi connectivity index (χ0v) is 13.7. The molecule has 0 saturated carbocycles. The lowest BCUT2D eigenvalue weighted by Crippen LogP contribution is -2.47. The minimum Gasteiger partial charge on any atom is -0.229 e. The van der Waals surface area contributed by atoms with Crippen LogP contribution < -0.4 is 0 Å². The number of nitrogens with zero attached hydrogens (tertiary/aromatic N) is 2. The molecule has 0 unspecified atom stereocenters. The molecular weight excluding hydrogens is 288 g/mol. The third-order valence-corrected chi connectivity index (χ3v) is 7.82. The number of sulfone groups is 1. The van der Waals surface area contributed by atoms with E-state index in [1.807, 2.05) is 13.8 Å². The average Bonchev–Trinajstić information content (AvgIpc) is 2.27. The molecule has 0 amide bonds. The van der Waals surface area contributed by atoms with E-state index < -0.39 is 25.3 Å². The van der Waals surface area contributed by atoms with E-state index in [1.54, 1.807) is 0 Å². The van der Waals surface area contributed by atoms with E-state index in [1.165, 1.54) is 18.4 Å². The number of rotatable bonds is 5. The van der Waals surface area contributed by atoms with Gasteiger partial charge in [0.15, 0.2) is 9.84 Å². The fraction of sp³-hybridized carbons (Fsp3) is 1.00. The van der Waals surface area contributed by atoms with Crippen molar-refractivity contribution in [2.45, 2.75) is 31.9 Å². The molecule has 0 spiro atoms. The summed E-state index contributed by atoms with van der Waals surface area (Å²) in [5, 5.41) is -0.400. The quantitative estimate of drug-likeness (QED) is 0.733. The van der Waals surface area contributed by atoms with Gasteiger partial charge >= 0.3 is 0 Å². The molecule has 0 N–H and O–H groups in total. The van der Waals surface area contributed by atoms with E-state index in [0.29, 0.717) is 12.8 Å². The second-order valence-corrected chi connectivity index (χ2v) is 10.1. The third kappa shape index (κ3) is 4.14. The van der Waals surface area contributed by atoms with Crippen molar-refractivity contribution in [2.75, 3.05) is 32.9 Å². The first-order chi connectivity index (χ1) is 8.57. The van der Waals surface area contributed by atoms with Gasteiger partial charge in [-0.3, -0.25) is 0 Å². The predicted molar refractivity (Wildman–Crippen MR) is 75.8 cm³/mol. The highest BCUT2D eigenvalue weighted by molar-refractivity contribution is 7.92. The van der Waals surface area contributed by atoms with Crippen LogP contribution in [0.4, 0.5) is 0 Å². The van der Waals surface area contributed by atoms with Crippen LogP contribution in [-0.4, -0.2) is 63.6 Å². The Morgan fingerprint density at radius 3 is 1.95 bits per heavy atom. The molecule has 1 rings (SSSR count). The Bertz CT molecular complexity index is 489. The van der Waals surface area contributed by atoms with Gasteiger partial charge in [-0.15, -0.1) is 0 Å². The summed E-state index contributed by atoms with van der Waals surface area (Å²) < 4.78 is 50.6. The van der Waals surface area contributed by atoms with Crippen molar-refractivity contribution in [3.05, 3.63) is 0 Å². The van der Waals surface area contributed by atoms with Crippen molar-refractivity contribution in [3.63, 3.8) is 0 Å². The molecule has 8 heteroatoms. The van der Waals surface area contributed by atoms with Gasteiger partial charge in [-0.2, -0.15) is 17.0 Å². The van der Waals surface area contributed by atoms with Crippen LogP contribution in [0, 0.1) is 5.92 Å². The molecule has 0 atom stereocenters. The highest BCUT2D eigenvalue weighted by atomic mass is 32.2. The van der Waals surface area contributed by atoms with Crippen LogP contribution in [0.3, 0.4) is 0 Å². The van der Waals surface area contributed by atoms with Crippen molar-refractivity contribution < 1.29 is 16.8 Å². The summed E-state index contributed by atoms with van der Waals surface area (Å²) in [4.78, 5) is 0. The summed E-state index contributed by atoms with van der Waals surface area (Å²) in [6, 6.07) is 0. The molecule has 1 saturated heterocycles. The molecule has 6 nitrogen and oxygen atoms in total. The first-order valence-corrected chi connectivity index (χ1v) is 9.57. The lowest BCUT2D eigenvalue weighted by Gasteiger charge is -2.32. The first-order valence-electron chi connectivity index (χ1n) is 6.46. The van der Waals surface area contributed by atoms with Crippen LogP contribution in [0.5, 0.6) is 0 Å². The van der Waals surface area contributed by atoms with Crippen LogP contribution in [0.15, 0.2) is 0 Å². The van der Waals surface area contributed by atoms with Crippen LogP contribution >= 0.6 is 0 Å². The summed E-state index contributed by atoms with van der Waals surface area (Å²) in [5.41, 5.74) is 0. The maximum Gasteiger partial charge on any atom is 0.281 e. The Kier molecular flexibility index (Phi) is 5.39. The van der Waals surface area contributed by atoms with Crippen LogP contribution in [0.1, 0.15) is 26.7 Å². The molecule has 1 heterocycles. The Morgan fingerprint density at radius 1 is 1.11 bits per heavy atom. The van der Waals surface area contributed by atoms with Crippen LogP contribution in [0.25, 0.3) is 0 Å². The summed E-state index contributed by atoms with van der Waals surface area (Å²) >= 11 is 0. The second-order valence-electron chi connectivity index (χ2n) is 5.61. The Labute approximate surface area is 116 Å². The zero-order chi connectivity index (χ0) is 14.8. The monoisotopic (exact) mass is 312 g/mol. The van der Waals surface area contributed by atoms with E-state index in [2.05, 4.69) is 0 Å². The molecule has 1 fully saturated rings. The van der Waals surface area contributed by atoms with Gasteiger partial charge < -0.3 is 0 Å². The minimum absolute atomic E-state index is 0.105. The van der Waals surface area contributed by atoms with Crippen LogP contribution in [-0.2, 0) is 20.0 Å². The fourth-order valence-electron chi connectivity index (χ4n) is 2.25. The zero-order valence-electron chi connectivity index (χ0n) is 12.0. The highest BCUT2D eigenvalue weighted by Crippen LogP contribution is 2.22. The average molecular weight is 312 g/mol. The molecule has 0 aromatic carbocycles. The number of hydrogen-bond acceptors (Lipinski definition) is 4. The molecular formula is C11H24N2O4S2. The molecule has 114 valence electrons. The molecule has 0 radical (unpaired) electrons. The van der Waals surface area contributed by atoms with Crippen molar-refractivity contribution in [1.82, 2.24) is 8.61 Å². The number of hydrogen-bond donors (Lipinski definition) is 0. The summed E-state index contributed by atoms with van der Waals surface area (Å²) in [5.74, 6) is 0.284. The van der Waals surface area contributed by atoms with E-state index in [0.717, 1.165) is 4.31 Å². The third-order valence-electron chi connectivity index (χ3n) is 3.26. The summed E-state index contributed by atoms with van der Waals surface area (Å²) in [6.07, 6.45) is 0.782. The van der Waals surface area contributed by atoms with Crippen molar-refractivity contribution in [3.8, 4) is 0 Å². The fourth-order valence-corrected chi connectivity index (χ4v) is 5.52. The minimum atomic E-state index is -3.42. The van der Waals surface area contributed by atoms with E-state index in [9.17, 15) is 16.8 Å². The molecule has 0 aromatic rings. The normalized spacial score (nSPS) is 20.3. The molecule has 0 bridgehead atoms. The molecule has 0 aromatic heterocycles. The van der Waals surface area contributed by atoms with E-state index >= 15 is 0 Å². The first kappa shape index (κ1) is 16.9. The topological polar surface area (TPSA) is 74.8 Å². The van der Waals surface area contributed by atoms with Gasteiger partial charge in [0.2, 0.25) is 0 Å². The lowest BCUT2D eigenvalue weighted by atomic mass is 10.2. The molecule has 0 aliphatic carbocycles. The van der Waals surface area contributed by atoms with Gasteiger partial charge in [-0.25, -0.2) is 8.42 Å². The Balaban J connectivity index is 2.69. The van der Waals surface area contributed by atoms with Gasteiger partial charge in [0.05, 0.1) is 11.0 Å². The molecule has 1 aliphatic heterocycles. The SMILES string of the molecule is CC(C)CS(=O)(=O)C1CCN(S(=O)(=O)N(C)C)CC1. The highest BCUT2D eigenvalue weighted by Gasteiger charge is 2.35. The maximum atomic E-state index is 12.1. The van der Waals surface area contributed by atoms with Gasteiger partial charge in [-0.05, 0) is 18.8 Å². The predicted octanol–water partition coefficient (Wildman–Crippen LogP) is 0.328. The molecule has 19 heavy (non-hydrogen) atoms. The van der Waals surface area contributed by atoms with E-state index in [4.69, 9.17) is 0 Å². The van der Waals surface area contributed by atoms with Gasteiger partial charge in [-0.1, -0.05) is 13.8 Å². The van der Waals surface area contributed by atoms with Gasteiger partial charge in [0, 0.05) is 27.2 Å². The summed E-state index contributed by atoms with van der Waals surface area (Å²) in [6.45, 7) is 4.32. The standard InChI is InChI=1S/C11H24N2O4S2/c1-10(2)9-18(14,15)11-5-7-13(8-6-11)19(16,17)12(3)4/h10-11H,5-9H2,1-4H3. The number of piperidine rings is 1. The second kappa shape index (κ2) is 6.07. The van der Waals surface area contributed by atoms with Gasteiger partial charge in [0.25, 0.3) is 10.2 Å². The largest absolute Gasteiger partial charge is 0.281 e. The van der Waals surface area contributed by atoms with Gasteiger partial charge in [0.1, 0.15) is 0 Å². The smallest absolute Gasteiger partial charge is 0.229 e. The molecule has 1 aliphatic rings. The van der Waals surface area contributed by atoms with Crippen molar-refractivity contribution in [2.24, 2.45) is 5.92 Å². The van der Waals surface area contributed by atoms with E-state index in [-0.39, 0.29) is 24.8 Å². The van der Waals surface area contributed by atoms with Crippen LogP contribution in [0.2, 0.25) is 0 Å². The lowest BCUT2D eigenvalue weighted by molar-refractivity contribution is 0.324. The summed E-state index contributed by atoms with van der Waals surface area (Å²) in [7, 11) is -3.56.